The quantitative estimate of drug-likeness (QED) is 0.582. The highest BCUT2D eigenvalue weighted by molar-refractivity contribution is 7.89. The topological polar surface area (TPSA) is 93.7 Å². The maximum absolute atomic E-state index is 12.3. The summed E-state index contributed by atoms with van der Waals surface area (Å²) in [6.07, 6.45) is 1.48. The minimum Gasteiger partial charge on any atom is -0.497 e. The van der Waals surface area contributed by atoms with Crippen molar-refractivity contribution in [2.45, 2.75) is 25.8 Å². The van der Waals surface area contributed by atoms with E-state index >= 15 is 0 Å². The van der Waals surface area contributed by atoms with Crippen molar-refractivity contribution in [1.29, 1.82) is 0 Å². The predicted molar refractivity (Wildman–Crippen MR) is 113 cm³/mol. The average Bonchev–Trinajstić information content (AvgIpc) is 2.71. The molecule has 29 heavy (non-hydrogen) atoms. The van der Waals surface area contributed by atoms with Crippen molar-refractivity contribution in [2.24, 2.45) is 0 Å². The lowest BCUT2D eigenvalue weighted by Gasteiger charge is -2.15. The van der Waals surface area contributed by atoms with Gasteiger partial charge in [0, 0.05) is 18.7 Å². The third kappa shape index (κ3) is 7.40. The second kappa shape index (κ2) is 10.8. The van der Waals surface area contributed by atoms with Gasteiger partial charge in [0.15, 0.2) is 0 Å². The molecular formula is C21H28N2O5S. The van der Waals surface area contributed by atoms with Gasteiger partial charge >= 0.3 is 0 Å². The fraction of sp³-hybridized carbons (Fsp3) is 0.381. The number of benzene rings is 2. The lowest BCUT2D eigenvalue weighted by atomic mass is 10.1. The molecule has 0 aliphatic carbocycles. The molecule has 0 fully saturated rings. The van der Waals surface area contributed by atoms with Crippen LogP contribution < -0.4 is 19.5 Å². The second-order valence-corrected chi connectivity index (χ2v) is 8.56. The summed E-state index contributed by atoms with van der Waals surface area (Å²) in [6.45, 7) is 1.83. The number of hydrogen-bond donors (Lipinski definition) is 2. The van der Waals surface area contributed by atoms with Crippen molar-refractivity contribution >= 4 is 15.9 Å². The molecule has 0 radical (unpaired) electrons. The molecule has 158 valence electrons. The second-order valence-electron chi connectivity index (χ2n) is 6.68. The Morgan fingerprint density at radius 3 is 2.45 bits per heavy atom. The first-order chi connectivity index (χ1) is 13.8. The summed E-state index contributed by atoms with van der Waals surface area (Å²) in [6, 6.07) is 14.5. The van der Waals surface area contributed by atoms with Gasteiger partial charge in [0.25, 0.3) is 5.91 Å². The monoisotopic (exact) mass is 420 g/mol. The maximum atomic E-state index is 12.3. The third-order valence-electron chi connectivity index (χ3n) is 4.40. The Labute approximate surface area is 172 Å². The van der Waals surface area contributed by atoms with E-state index in [2.05, 4.69) is 10.0 Å². The molecule has 2 aromatic carbocycles. The van der Waals surface area contributed by atoms with Crippen LogP contribution in [0, 0.1) is 0 Å². The Bertz CT molecular complexity index is 901. The standard InChI is InChI=1S/C21H28N2O5S/c1-16(9-10-17-7-5-4-6-8-17)23-29(25,26)14-13-22-21(24)19-12-11-18(27-2)15-20(19)28-3/h4-8,11-12,15-16,23H,9-10,13-14H2,1-3H3,(H,22,24)/t16-/m1/s1. The molecule has 2 N–H and O–H groups in total. The number of aryl methyl sites for hydroxylation is 1. The number of sulfonamides is 1. The SMILES string of the molecule is COc1ccc(C(=O)NCCS(=O)(=O)N[C@H](C)CCc2ccccc2)c(OC)c1. The van der Waals surface area contributed by atoms with Crippen LogP contribution in [-0.2, 0) is 16.4 Å². The summed E-state index contributed by atoms with van der Waals surface area (Å²) in [5.74, 6) is 0.316. The molecule has 1 amide bonds. The number of hydrogen-bond acceptors (Lipinski definition) is 5. The van der Waals surface area contributed by atoms with Crippen molar-refractivity contribution in [1.82, 2.24) is 10.0 Å². The average molecular weight is 421 g/mol. The van der Waals surface area contributed by atoms with E-state index in [-0.39, 0.29) is 18.3 Å². The largest absolute Gasteiger partial charge is 0.497 e. The summed E-state index contributed by atoms with van der Waals surface area (Å²) in [5.41, 5.74) is 1.48. The Morgan fingerprint density at radius 2 is 1.79 bits per heavy atom. The van der Waals surface area contributed by atoms with Gasteiger partial charge in [0.1, 0.15) is 11.5 Å². The highest BCUT2D eigenvalue weighted by Gasteiger charge is 2.17. The minimum atomic E-state index is -3.51. The zero-order valence-electron chi connectivity index (χ0n) is 17.0. The fourth-order valence-corrected chi connectivity index (χ4v) is 4.05. The highest BCUT2D eigenvalue weighted by Crippen LogP contribution is 2.24. The molecule has 0 spiro atoms. The van der Waals surface area contributed by atoms with Gasteiger partial charge in [-0.25, -0.2) is 13.1 Å². The van der Waals surface area contributed by atoms with Crippen molar-refractivity contribution in [2.75, 3.05) is 26.5 Å². The summed E-state index contributed by atoms with van der Waals surface area (Å²) < 4.78 is 37.5. The van der Waals surface area contributed by atoms with Crippen LogP contribution in [0.2, 0.25) is 0 Å². The van der Waals surface area contributed by atoms with Gasteiger partial charge in [-0.2, -0.15) is 0 Å². The molecule has 0 saturated heterocycles. The maximum Gasteiger partial charge on any atom is 0.255 e. The third-order valence-corrected chi connectivity index (χ3v) is 5.90. The van der Waals surface area contributed by atoms with Crippen LogP contribution in [0.4, 0.5) is 0 Å². The van der Waals surface area contributed by atoms with Gasteiger partial charge in [-0.1, -0.05) is 30.3 Å². The minimum absolute atomic E-state index is 0.00520. The fourth-order valence-electron chi connectivity index (χ4n) is 2.83. The first-order valence-corrected chi connectivity index (χ1v) is 11.0. The zero-order chi connectivity index (χ0) is 21.3. The molecule has 8 heteroatoms. The van der Waals surface area contributed by atoms with E-state index in [0.29, 0.717) is 23.5 Å². The molecule has 0 heterocycles. The smallest absolute Gasteiger partial charge is 0.255 e. The molecule has 2 aromatic rings. The summed E-state index contributed by atoms with van der Waals surface area (Å²) in [5, 5.41) is 2.62. The molecule has 0 aliphatic heterocycles. The van der Waals surface area contributed by atoms with Crippen LogP contribution in [0.1, 0.15) is 29.3 Å². The lowest BCUT2D eigenvalue weighted by Crippen LogP contribution is -2.38. The molecular weight excluding hydrogens is 392 g/mol. The van der Waals surface area contributed by atoms with Crippen molar-refractivity contribution in [3.8, 4) is 11.5 Å². The summed E-state index contributed by atoms with van der Waals surface area (Å²) in [4.78, 5) is 12.3. The normalized spacial score (nSPS) is 12.2. The summed E-state index contributed by atoms with van der Waals surface area (Å²) in [7, 11) is -0.529. The number of ether oxygens (including phenoxy) is 2. The molecule has 0 aromatic heterocycles. The molecule has 7 nitrogen and oxygen atoms in total. The van der Waals surface area contributed by atoms with Crippen LogP contribution in [-0.4, -0.2) is 46.9 Å². The Morgan fingerprint density at radius 1 is 1.07 bits per heavy atom. The molecule has 0 unspecified atom stereocenters. The Hall–Kier alpha value is -2.58. The number of nitrogens with one attached hydrogen (secondary N) is 2. The number of carbonyl (C=O) groups excluding carboxylic acids is 1. The van der Waals surface area contributed by atoms with Gasteiger partial charge in [-0.15, -0.1) is 0 Å². The van der Waals surface area contributed by atoms with Gasteiger partial charge in [-0.3, -0.25) is 4.79 Å². The predicted octanol–water partition coefficient (Wildman–Crippen LogP) is 2.37. The molecule has 0 bridgehead atoms. The van der Waals surface area contributed by atoms with Crippen LogP contribution in [0.25, 0.3) is 0 Å². The van der Waals surface area contributed by atoms with Crippen LogP contribution in [0.15, 0.2) is 48.5 Å². The van der Waals surface area contributed by atoms with E-state index in [1.165, 1.54) is 19.8 Å². The van der Waals surface area contributed by atoms with Gasteiger partial charge < -0.3 is 14.8 Å². The molecule has 2 rings (SSSR count). The van der Waals surface area contributed by atoms with Crippen molar-refractivity contribution in [3.05, 3.63) is 59.7 Å². The van der Waals surface area contributed by atoms with E-state index in [4.69, 9.17) is 9.47 Å². The van der Waals surface area contributed by atoms with Crippen molar-refractivity contribution in [3.63, 3.8) is 0 Å². The van der Waals surface area contributed by atoms with E-state index < -0.39 is 15.9 Å². The number of amides is 1. The first kappa shape index (κ1) is 22.7. The summed E-state index contributed by atoms with van der Waals surface area (Å²) >= 11 is 0. The Balaban J connectivity index is 1.81. The number of methoxy groups -OCH3 is 2. The first-order valence-electron chi connectivity index (χ1n) is 9.39. The van der Waals surface area contributed by atoms with Crippen LogP contribution in [0.5, 0.6) is 11.5 Å². The van der Waals surface area contributed by atoms with Crippen molar-refractivity contribution < 1.29 is 22.7 Å². The lowest BCUT2D eigenvalue weighted by molar-refractivity contribution is 0.0953. The molecule has 0 aliphatic rings. The van der Waals surface area contributed by atoms with Gasteiger partial charge in [-0.05, 0) is 37.5 Å². The molecule has 1 atom stereocenters. The Kier molecular flexibility index (Phi) is 8.48. The number of carbonyl (C=O) groups is 1. The van der Waals surface area contributed by atoms with Gasteiger partial charge in [0.2, 0.25) is 10.0 Å². The van der Waals surface area contributed by atoms with E-state index in [0.717, 1.165) is 6.42 Å². The van der Waals surface area contributed by atoms with E-state index in [1.54, 1.807) is 18.2 Å². The number of rotatable bonds is 11. The van der Waals surface area contributed by atoms with Crippen LogP contribution >= 0.6 is 0 Å². The van der Waals surface area contributed by atoms with E-state index in [1.807, 2.05) is 37.3 Å². The van der Waals surface area contributed by atoms with E-state index in [9.17, 15) is 13.2 Å². The zero-order valence-corrected chi connectivity index (χ0v) is 17.8. The highest BCUT2D eigenvalue weighted by atomic mass is 32.2. The van der Waals surface area contributed by atoms with Crippen LogP contribution in [0.3, 0.4) is 0 Å². The van der Waals surface area contributed by atoms with Gasteiger partial charge in [0.05, 0.1) is 25.5 Å². The molecule has 0 saturated carbocycles.